The summed E-state index contributed by atoms with van der Waals surface area (Å²) in [5.41, 5.74) is 2.76. The first-order valence-corrected chi connectivity index (χ1v) is 9.42. The standard InChI is InChI=1S/C20H21N3O4S/c1-12-5-6-17(13(2)9-12)27-11-23-8-7-16(22-23)18(24)21-19-15(20(25)26-4)10-14(3)28-19/h5-10H,11H2,1-4H3,(H,21,24). The molecule has 8 heteroatoms. The molecule has 1 N–H and O–H groups in total. The summed E-state index contributed by atoms with van der Waals surface area (Å²) >= 11 is 1.31. The number of aromatic nitrogens is 2. The van der Waals surface area contributed by atoms with Gasteiger partial charge in [-0.1, -0.05) is 17.7 Å². The molecule has 146 valence electrons. The number of esters is 1. The summed E-state index contributed by atoms with van der Waals surface area (Å²) in [7, 11) is 1.30. The molecule has 0 bridgehead atoms. The van der Waals surface area contributed by atoms with Crippen molar-refractivity contribution in [2.75, 3.05) is 12.4 Å². The van der Waals surface area contributed by atoms with Crippen LogP contribution in [0.3, 0.4) is 0 Å². The zero-order valence-electron chi connectivity index (χ0n) is 16.1. The molecule has 0 radical (unpaired) electrons. The van der Waals surface area contributed by atoms with Crippen LogP contribution >= 0.6 is 11.3 Å². The van der Waals surface area contributed by atoms with E-state index < -0.39 is 11.9 Å². The van der Waals surface area contributed by atoms with Crippen molar-refractivity contribution < 1.29 is 19.1 Å². The number of amides is 1. The number of anilines is 1. The Morgan fingerprint density at radius 3 is 2.68 bits per heavy atom. The quantitative estimate of drug-likeness (QED) is 0.635. The lowest BCUT2D eigenvalue weighted by atomic mass is 10.1. The average molecular weight is 399 g/mol. The highest BCUT2D eigenvalue weighted by molar-refractivity contribution is 7.16. The molecule has 0 unspecified atom stereocenters. The molecule has 2 aromatic heterocycles. The second-order valence-electron chi connectivity index (χ2n) is 6.33. The van der Waals surface area contributed by atoms with E-state index in [9.17, 15) is 9.59 Å². The van der Waals surface area contributed by atoms with Crippen LogP contribution in [0.2, 0.25) is 0 Å². The highest BCUT2D eigenvalue weighted by Gasteiger charge is 2.19. The fourth-order valence-electron chi connectivity index (χ4n) is 2.69. The Kier molecular flexibility index (Phi) is 5.79. The first-order chi connectivity index (χ1) is 13.4. The minimum absolute atomic E-state index is 0.183. The molecule has 1 aromatic carbocycles. The topological polar surface area (TPSA) is 82.5 Å². The van der Waals surface area contributed by atoms with Gasteiger partial charge < -0.3 is 14.8 Å². The normalized spacial score (nSPS) is 10.6. The molecule has 0 saturated heterocycles. The zero-order chi connectivity index (χ0) is 20.3. The molecule has 0 aliphatic carbocycles. The van der Waals surface area contributed by atoms with Gasteiger partial charge >= 0.3 is 5.97 Å². The van der Waals surface area contributed by atoms with E-state index in [4.69, 9.17) is 9.47 Å². The Balaban J connectivity index is 1.67. The van der Waals surface area contributed by atoms with Gasteiger partial charge in [0.15, 0.2) is 12.4 Å². The molecule has 0 fully saturated rings. The number of nitrogens with one attached hydrogen (secondary N) is 1. The van der Waals surface area contributed by atoms with Gasteiger partial charge in [0.05, 0.1) is 12.7 Å². The number of thiophene rings is 1. The van der Waals surface area contributed by atoms with Gasteiger partial charge in [0.2, 0.25) is 0 Å². The summed E-state index contributed by atoms with van der Waals surface area (Å²) in [6, 6.07) is 9.21. The Bertz CT molecular complexity index is 1020. The van der Waals surface area contributed by atoms with Gasteiger partial charge in [-0.3, -0.25) is 4.79 Å². The van der Waals surface area contributed by atoms with Crippen LogP contribution in [0.1, 0.15) is 36.9 Å². The molecule has 2 heterocycles. The molecular formula is C20H21N3O4S. The van der Waals surface area contributed by atoms with E-state index in [1.54, 1.807) is 18.3 Å². The maximum atomic E-state index is 12.5. The average Bonchev–Trinajstić information content (AvgIpc) is 3.27. The largest absolute Gasteiger partial charge is 0.471 e. The fourth-order valence-corrected chi connectivity index (χ4v) is 3.58. The third-order valence-corrected chi connectivity index (χ3v) is 5.01. The van der Waals surface area contributed by atoms with E-state index in [-0.39, 0.29) is 12.4 Å². The predicted molar refractivity (Wildman–Crippen MR) is 107 cm³/mol. The van der Waals surface area contributed by atoms with E-state index in [0.717, 1.165) is 21.8 Å². The van der Waals surface area contributed by atoms with Gasteiger partial charge in [0.25, 0.3) is 5.91 Å². The summed E-state index contributed by atoms with van der Waals surface area (Å²) in [5, 5.41) is 7.41. The molecular weight excluding hydrogens is 378 g/mol. The number of ether oxygens (including phenoxy) is 2. The number of carbonyl (C=O) groups excluding carboxylic acids is 2. The SMILES string of the molecule is COC(=O)c1cc(C)sc1NC(=O)c1ccn(COc2ccc(C)cc2C)n1. The van der Waals surface area contributed by atoms with Gasteiger partial charge in [-0.05, 0) is 44.5 Å². The van der Waals surface area contributed by atoms with Crippen molar-refractivity contribution in [3.63, 3.8) is 0 Å². The third kappa shape index (κ3) is 4.40. The zero-order valence-corrected chi connectivity index (χ0v) is 16.9. The second-order valence-corrected chi connectivity index (χ2v) is 7.58. The molecule has 28 heavy (non-hydrogen) atoms. The van der Waals surface area contributed by atoms with Crippen LogP contribution in [0.15, 0.2) is 36.5 Å². The maximum Gasteiger partial charge on any atom is 0.340 e. The van der Waals surface area contributed by atoms with Crippen molar-refractivity contribution in [3.05, 3.63) is 63.8 Å². The molecule has 0 aliphatic heterocycles. The predicted octanol–water partition coefficient (Wildman–Crippen LogP) is 3.95. The van der Waals surface area contributed by atoms with Crippen molar-refractivity contribution in [2.24, 2.45) is 0 Å². The summed E-state index contributed by atoms with van der Waals surface area (Å²) in [6.45, 7) is 6.04. The number of nitrogens with zero attached hydrogens (tertiary/aromatic N) is 2. The summed E-state index contributed by atoms with van der Waals surface area (Å²) in [5.74, 6) is -0.131. The Morgan fingerprint density at radius 2 is 1.96 bits per heavy atom. The number of hydrogen-bond donors (Lipinski definition) is 1. The Labute approximate surface area is 166 Å². The highest BCUT2D eigenvalue weighted by atomic mass is 32.1. The minimum Gasteiger partial charge on any atom is -0.471 e. The summed E-state index contributed by atoms with van der Waals surface area (Å²) < 4.78 is 12.1. The number of hydrogen-bond acceptors (Lipinski definition) is 6. The van der Waals surface area contributed by atoms with Gasteiger partial charge in [-0.2, -0.15) is 5.10 Å². The smallest absolute Gasteiger partial charge is 0.340 e. The van der Waals surface area contributed by atoms with E-state index >= 15 is 0 Å². The molecule has 0 spiro atoms. The molecule has 3 aromatic rings. The van der Waals surface area contributed by atoms with Crippen molar-refractivity contribution in [3.8, 4) is 5.75 Å². The van der Waals surface area contributed by atoms with E-state index in [1.165, 1.54) is 23.1 Å². The van der Waals surface area contributed by atoms with Gasteiger partial charge in [0, 0.05) is 11.1 Å². The van der Waals surface area contributed by atoms with Crippen molar-refractivity contribution >= 4 is 28.2 Å². The molecule has 7 nitrogen and oxygen atoms in total. The van der Waals surface area contributed by atoms with Crippen molar-refractivity contribution in [1.29, 1.82) is 0 Å². The first kappa shape index (κ1) is 19.6. The Morgan fingerprint density at radius 1 is 1.18 bits per heavy atom. The number of rotatable bonds is 6. The fraction of sp³-hybridized carbons (Fsp3) is 0.250. The van der Waals surface area contributed by atoms with Crippen molar-refractivity contribution in [1.82, 2.24) is 9.78 Å². The molecule has 3 rings (SSSR count). The van der Waals surface area contributed by atoms with Crippen LogP contribution in [0.25, 0.3) is 0 Å². The molecule has 0 saturated carbocycles. The van der Waals surface area contributed by atoms with E-state index in [2.05, 4.69) is 10.4 Å². The lowest BCUT2D eigenvalue weighted by molar-refractivity contribution is 0.0602. The summed E-state index contributed by atoms with van der Waals surface area (Å²) in [6.07, 6.45) is 1.67. The van der Waals surface area contributed by atoms with Gasteiger partial charge in [-0.25, -0.2) is 9.48 Å². The van der Waals surface area contributed by atoms with Crippen LogP contribution in [0.5, 0.6) is 5.75 Å². The number of carbonyl (C=O) groups is 2. The summed E-state index contributed by atoms with van der Waals surface area (Å²) in [4.78, 5) is 25.2. The lowest BCUT2D eigenvalue weighted by Gasteiger charge is -2.09. The number of aryl methyl sites for hydroxylation is 3. The van der Waals surface area contributed by atoms with Crippen molar-refractivity contribution in [2.45, 2.75) is 27.5 Å². The Hall–Kier alpha value is -3.13. The van der Waals surface area contributed by atoms with Crippen LogP contribution < -0.4 is 10.1 Å². The van der Waals surface area contributed by atoms with Crippen LogP contribution in [0, 0.1) is 20.8 Å². The minimum atomic E-state index is -0.493. The molecule has 0 aliphatic rings. The van der Waals surface area contributed by atoms with E-state index in [1.807, 2.05) is 39.0 Å². The molecule has 0 atom stereocenters. The number of methoxy groups -OCH3 is 1. The maximum absolute atomic E-state index is 12.5. The van der Waals surface area contributed by atoms with Gasteiger partial charge in [0.1, 0.15) is 10.8 Å². The third-order valence-electron chi connectivity index (χ3n) is 4.04. The van der Waals surface area contributed by atoms with E-state index in [0.29, 0.717) is 10.6 Å². The first-order valence-electron chi connectivity index (χ1n) is 8.61. The highest BCUT2D eigenvalue weighted by Crippen LogP contribution is 2.28. The van der Waals surface area contributed by atoms with Crippen LogP contribution in [-0.2, 0) is 11.5 Å². The van der Waals surface area contributed by atoms with Crippen LogP contribution in [0.4, 0.5) is 5.00 Å². The number of benzene rings is 1. The molecule has 1 amide bonds. The van der Waals surface area contributed by atoms with Crippen LogP contribution in [-0.4, -0.2) is 28.8 Å². The second kappa shape index (κ2) is 8.26. The van der Waals surface area contributed by atoms with Gasteiger partial charge in [-0.15, -0.1) is 11.3 Å². The monoisotopic (exact) mass is 399 g/mol. The lowest BCUT2D eigenvalue weighted by Crippen LogP contribution is -2.15.